The number of nitrogens with one attached hydrogen (secondary N) is 1. The van der Waals surface area contributed by atoms with E-state index in [0.717, 1.165) is 7.11 Å². The van der Waals surface area contributed by atoms with Gasteiger partial charge in [0.25, 0.3) is 6.43 Å². The number of halogens is 5. The molecule has 0 unspecified atom stereocenters. The molecule has 0 amide bonds. The lowest BCUT2D eigenvalue weighted by molar-refractivity contribution is -0.275. The van der Waals surface area contributed by atoms with Crippen LogP contribution in [0.4, 0.5) is 22.0 Å². The van der Waals surface area contributed by atoms with E-state index in [9.17, 15) is 31.5 Å². The Balaban J connectivity index is 3.31. The van der Waals surface area contributed by atoms with Gasteiger partial charge in [-0.25, -0.2) is 8.78 Å². The van der Waals surface area contributed by atoms with E-state index in [2.05, 4.69) is 9.47 Å². The van der Waals surface area contributed by atoms with Crippen molar-refractivity contribution in [3.8, 4) is 5.75 Å². The van der Waals surface area contributed by atoms with Crippen LogP contribution in [-0.2, 0) is 16.0 Å². The molecule has 5 nitrogen and oxygen atoms in total. The predicted octanol–water partition coefficient (Wildman–Crippen LogP) is 1.93. The fourth-order valence-electron chi connectivity index (χ4n) is 1.30. The smallest absolute Gasteiger partial charge is 0.469 e. The topological polar surface area (TPSA) is 68.4 Å². The van der Waals surface area contributed by atoms with Gasteiger partial charge in [0, 0.05) is 11.8 Å². The Morgan fingerprint density at radius 1 is 1.40 bits per heavy atom. The molecule has 0 aliphatic heterocycles. The van der Waals surface area contributed by atoms with Gasteiger partial charge in [-0.05, 0) is 0 Å². The maximum atomic E-state index is 12.5. The molecular formula is C10H8F5NO4. The third-order valence-electron chi connectivity index (χ3n) is 2.14. The first-order valence-electron chi connectivity index (χ1n) is 5.01. The fraction of sp³-hybridized carbons (Fsp3) is 0.400. The Morgan fingerprint density at radius 3 is 2.45 bits per heavy atom. The highest BCUT2D eigenvalue weighted by Crippen LogP contribution is 2.28. The SMILES string of the molecule is COC(=O)Cc1c[nH]c(C(F)F)c(OC(F)(F)F)c1=O. The molecule has 1 aromatic heterocycles. The number of aromatic amines is 1. The second-order valence-corrected chi connectivity index (χ2v) is 3.49. The molecule has 20 heavy (non-hydrogen) atoms. The van der Waals surface area contributed by atoms with Crippen LogP contribution in [0.25, 0.3) is 0 Å². The van der Waals surface area contributed by atoms with Crippen molar-refractivity contribution in [3.05, 3.63) is 27.7 Å². The van der Waals surface area contributed by atoms with Gasteiger partial charge in [0.15, 0.2) is 0 Å². The summed E-state index contributed by atoms with van der Waals surface area (Å²) in [5, 5.41) is 0. The van der Waals surface area contributed by atoms with E-state index in [1.165, 1.54) is 0 Å². The average molecular weight is 301 g/mol. The summed E-state index contributed by atoms with van der Waals surface area (Å²) in [6, 6.07) is 0. The first-order valence-corrected chi connectivity index (χ1v) is 5.01. The molecular weight excluding hydrogens is 293 g/mol. The third-order valence-corrected chi connectivity index (χ3v) is 2.14. The number of hydrogen-bond donors (Lipinski definition) is 1. The lowest BCUT2D eigenvalue weighted by Crippen LogP contribution is -2.26. The highest BCUT2D eigenvalue weighted by Gasteiger charge is 2.35. The molecule has 0 radical (unpaired) electrons. The van der Waals surface area contributed by atoms with Crippen molar-refractivity contribution < 1.29 is 36.2 Å². The number of alkyl halides is 5. The minimum Gasteiger partial charge on any atom is -0.469 e. The summed E-state index contributed by atoms with van der Waals surface area (Å²) in [6.45, 7) is 0. The number of carbonyl (C=O) groups is 1. The Morgan fingerprint density at radius 2 is 2.00 bits per heavy atom. The summed E-state index contributed by atoms with van der Waals surface area (Å²) in [4.78, 5) is 24.4. The van der Waals surface area contributed by atoms with Crippen LogP contribution in [-0.4, -0.2) is 24.4 Å². The second-order valence-electron chi connectivity index (χ2n) is 3.49. The molecule has 1 rings (SSSR count). The van der Waals surface area contributed by atoms with Crippen LogP contribution in [0.1, 0.15) is 17.7 Å². The van der Waals surface area contributed by atoms with Gasteiger partial charge in [-0.3, -0.25) is 9.59 Å². The van der Waals surface area contributed by atoms with Crippen LogP contribution in [0.2, 0.25) is 0 Å². The standard InChI is InChI=1S/C10H8F5NO4/c1-19-5(17)2-4-3-16-6(9(11)12)8(7(4)18)20-10(13,14)15/h3,9H,2H2,1H3,(H,16,18). The van der Waals surface area contributed by atoms with Gasteiger partial charge in [0.1, 0.15) is 5.69 Å². The molecule has 0 spiro atoms. The zero-order valence-electron chi connectivity index (χ0n) is 9.88. The van der Waals surface area contributed by atoms with Gasteiger partial charge in [-0.2, -0.15) is 0 Å². The van der Waals surface area contributed by atoms with Gasteiger partial charge in [0.05, 0.1) is 13.5 Å². The monoisotopic (exact) mass is 301 g/mol. The number of carbonyl (C=O) groups excluding carboxylic acids is 1. The number of aromatic nitrogens is 1. The molecule has 112 valence electrons. The summed E-state index contributed by atoms with van der Waals surface area (Å²) in [5.41, 5.74) is -3.26. The lowest BCUT2D eigenvalue weighted by atomic mass is 10.1. The van der Waals surface area contributed by atoms with Crippen molar-refractivity contribution in [1.82, 2.24) is 4.98 Å². The highest BCUT2D eigenvalue weighted by molar-refractivity contribution is 5.72. The number of hydrogen-bond acceptors (Lipinski definition) is 4. The molecule has 0 saturated carbocycles. The summed E-state index contributed by atoms with van der Waals surface area (Å²) in [6.07, 6.45) is -8.67. The summed E-state index contributed by atoms with van der Waals surface area (Å²) in [5.74, 6) is -2.51. The Bertz CT molecular complexity index is 552. The van der Waals surface area contributed by atoms with Crippen molar-refractivity contribution in [2.75, 3.05) is 7.11 Å². The van der Waals surface area contributed by atoms with Gasteiger partial charge in [-0.15, -0.1) is 13.2 Å². The second kappa shape index (κ2) is 5.88. The number of rotatable bonds is 4. The number of methoxy groups -OCH3 is 1. The van der Waals surface area contributed by atoms with E-state index < -0.39 is 47.6 Å². The minimum atomic E-state index is -5.32. The zero-order chi connectivity index (χ0) is 15.5. The van der Waals surface area contributed by atoms with Crippen LogP contribution >= 0.6 is 0 Å². The number of esters is 1. The third kappa shape index (κ3) is 3.93. The predicted molar refractivity (Wildman–Crippen MR) is 54.4 cm³/mol. The van der Waals surface area contributed by atoms with Gasteiger partial charge >= 0.3 is 12.3 Å². The van der Waals surface area contributed by atoms with Gasteiger partial charge in [0.2, 0.25) is 11.2 Å². The highest BCUT2D eigenvalue weighted by atomic mass is 19.4. The van der Waals surface area contributed by atoms with Crippen molar-refractivity contribution in [3.63, 3.8) is 0 Å². The molecule has 0 atom stereocenters. The molecule has 1 N–H and O–H groups in total. The fourth-order valence-corrected chi connectivity index (χ4v) is 1.30. The number of ether oxygens (including phenoxy) is 2. The zero-order valence-corrected chi connectivity index (χ0v) is 9.88. The van der Waals surface area contributed by atoms with Crippen molar-refractivity contribution in [1.29, 1.82) is 0 Å². The van der Waals surface area contributed by atoms with Crippen LogP contribution in [0.15, 0.2) is 11.0 Å². The van der Waals surface area contributed by atoms with Crippen molar-refractivity contribution in [2.45, 2.75) is 19.2 Å². The quantitative estimate of drug-likeness (QED) is 0.681. The minimum absolute atomic E-state index is 0.486. The van der Waals surface area contributed by atoms with Gasteiger partial charge < -0.3 is 14.5 Å². The summed E-state index contributed by atoms with van der Waals surface area (Å²) < 4.78 is 68.9. The molecule has 0 aliphatic carbocycles. The maximum absolute atomic E-state index is 12.5. The van der Waals surface area contributed by atoms with E-state index in [1.54, 1.807) is 0 Å². The largest absolute Gasteiger partial charge is 0.573 e. The molecule has 0 aromatic carbocycles. The molecule has 1 aromatic rings. The van der Waals surface area contributed by atoms with Crippen LogP contribution in [0.5, 0.6) is 5.75 Å². The van der Waals surface area contributed by atoms with Gasteiger partial charge in [-0.1, -0.05) is 0 Å². The Hall–Kier alpha value is -2.13. The van der Waals surface area contributed by atoms with Crippen LogP contribution < -0.4 is 10.2 Å². The van der Waals surface area contributed by atoms with Crippen molar-refractivity contribution >= 4 is 5.97 Å². The Kier molecular flexibility index (Phi) is 4.69. The van der Waals surface area contributed by atoms with Crippen molar-refractivity contribution in [2.24, 2.45) is 0 Å². The maximum Gasteiger partial charge on any atom is 0.573 e. The van der Waals surface area contributed by atoms with E-state index in [1.807, 2.05) is 4.98 Å². The molecule has 0 saturated heterocycles. The first kappa shape index (κ1) is 15.9. The van der Waals surface area contributed by atoms with Crippen LogP contribution in [0.3, 0.4) is 0 Å². The van der Waals surface area contributed by atoms with E-state index in [-0.39, 0.29) is 0 Å². The normalized spacial score (nSPS) is 11.6. The molecule has 1 heterocycles. The molecule has 0 bridgehead atoms. The summed E-state index contributed by atoms with van der Waals surface area (Å²) >= 11 is 0. The Labute approximate surface area is 108 Å². The number of pyridine rings is 1. The molecule has 0 aliphatic rings. The van der Waals surface area contributed by atoms with E-state index in [4.69, 9.17) is 0 Å². The van der Waals surface area contributed by atoms with Crippen LogP contribution in [0, 0.1) is 0 Å². The summed E-state index contributed by atoms with van der Waals surface area (Å²) in [7, 11) is 0.997. The molecule has 10 heteroatoms. The number of H-pyrrole nitrogens is 1. The van der Waals surface area contributed by atoms with E-state index >= 15 is 0 Å². The first-order chi connectivity index (χ1) is 9.15. The molecule has 0 fully saturated rings. The van der Waals surface area contributed by atoms with E-state index in [0.29, 0.717) is 6.20 Å². The average Bonchev–Trinajstić information content (AvgIpc) is 2.32. The lowest BCUT2D eigenvalue weighted by Gasteiger charge is -2.13.